The van der Waals surface area contributed by atoms with E-state index in [0.717, 1.165) is 18.9 Å². The van der Waals surface area contributed by atoms with Crippen LogP contribution in [0.3, 0.4) is 0 Å². The van der Waals surface area contributed by atoms with Crippen LogP contribution >= 0.6 is 0 Å². The quantitative estimate of drug-likeness (QED) is 0.652. The van der Waals surface area contributed by atoms with Crippen molar-refractivity contribution in [2.24, 2.45) is 5.92 Å². The van der Waals surface area contributed by atoms with Gasteiger partial charge in [-0.05, 0) is 39.7 Å². The molecule has 2 nitrogen and oxygen atoms in total. The fourth-order valence-electron chi connectivity index (χ4n) is 2.26. The van der Waals surface area contributed by atoms with E-state index in [0.29, 0.717) is 6.04 Å². The molecule has 0 heterocycles. The van der Waals surface area contributed by atoms with Gasteiger partial charge in [-0.3, -0.25) is 0 Å². The lowest BCUT2D eigenvalue weighted by molar-refractivity contribution is -0.0559. The van der Waals surface area contributed by atoms with Crippen LogP contribution in [-0.4, -0.2) is 25.3 Å². The summed E-state index contributed by atoms with van der Waals surface area (Å²) in [5, 5.41) is 3.43. The molecular formula is C14H31NO. The highest BCUT2D eigenvalue weighted by molar-refractivity contribution is 4.87. The lowest BCUT2D eigenvalue weighted by Crippen LogP contribution is -2.49. The molecule has 0 saturated carbocycles. The molecule has 0 aliphatic rings. The van der Waals surface area contributed by atoms with E-state index in [9.17, 15) is 0 Å². The summed E-state index contributed by atoms with van der Waals surface area (Å²) in [5.41, 5.74) is -0.0134. The molecule has 0 radical (unpaired) electrons. The molecule has 0 rings (SSSR count). The van der Waals surface area contributed by atoms with Crippen molar-refractivity contribution in [2.75, 3.05) is 13.7 Å². The molecule has 16 heavy (non-hydrogen) atoms. The van der Waals surface area contributed by atoms with Gasteiger partial charge in [0.1, 0.15) is 0 Å². The highest BCUT2D eigenvalue weighted by Gasteiger charge is 2.31. The number of ether oxygens (including phenoxy) is 1. The highest BCUT2D eigenvalue weighted by atomic mass is 16.5. The third-order valence-electron chi connectivity index (χ3n) is 3.54. The normalized spacial score (nSPS) is 17.4. The molecule has 0 aromatic carbocycles. The Morgan fingerprint density at radius 1 is 1.19 bits per heavy atom. The summed E-state index contributed by atoms with van der Waals surface area (Å²) in [6, 6.07) is 0.469. The first-order valence-electron chi connectivity index (χ1n) is 6.81. The second-order valence-electron chi connectivity index (χ2n) is 5.27. The number of likely N-dealkylation sites (N-methyl/N-ethyl adjacent to an activating group) is 1. The van der Waals surface area contributed by atoms with E-state index in [1.54, 1.807) is 0 Å². The van der Waals surface area contributed by atoms with Gasteiger partial charge in [-0.15, -0.1) is 0 Å². The third kappa shape index (κ3) is 5.31. The van der Waals surface area contributed by atoms with Crippen molar-refractivity contribution in [3.05, 3.63) is 0 Å². The zero-order valence-corrected chi connectivity index (χ0v) is 12.1. The summed E-state index contributed by atoms with van der Waals surface area (Å²) < 4.78 is 5.93. The van der Waals surface area contributed by atoms with E-state index in [1.807, 2.05) is 7.05 Å². The maximum Gasteiger partial charge on any atom is 0.0803 e. The standard InChI is InChI=1S/C14H31NO/c1-7-14(5,16-8-2)13(15-6)11-9-10-12(3)4/h12-13,15H,7-11H2,1-6H3. The van der Waals surface area contributed by atoms with Crippen LogP contribution in [0, 0.1) is 5.92 Å². The van der Waals surface area contributed by atoms with Crippen LogP contribution in [0.1, 0.15) is 60.3 Å². The number of nitrogens with one attached hydrogen (secondary N) is 1. The Morgan fingerprint density at radius 2 is 1.81 bits per heavy atom. The van der Waals surface area contributed by atoms with E-state index in [4.69, 9.17) is 4.74 Å². The molecule has 0 aliphatic heterocycles. The Morgan fingerprint density at radius 3 is 2.19 bits per heavy atom. The van der Waals surface area contributed by atoms with Crippen LogP contribution in [0.5, 0.6) is 0 Å². The van der Waals surface area contributed by atoms with Crippen LogP contribution < -0.4 is 5.32 Å². The largest absolute Gasteiger partial charge is 0.374 e. The maximum absolute atomic E-state index is 5.93. The van der Waals surface area contributed by atoms with Crippen LogP contribution in [0.2, 0.25) is 0 Å². The van der Waals surface area contributed by atoms with E-state index in [2.05, 4.69) is 39.9 Å². The Labute approximate surface area is 102 Å². The molecule has 0 aromatic heterocycles. The summed E-state index contributed by atoms with van der Waals surface area (Å²) in [6.45, 7) is 11.9. The minimum atomic E-state index is -0.0134. The predicted molar refractivity (Wildman–Crippen MR) is 71.9 cm³/mol. The SMILES string of the molecule is CCOC(C)(CC)C(CCCC(C)C)NC. The number of hydrogen-bond donors (Lipinski definition) is 1. The van der Waals surface area contributed by atoms with Crippen LogP contribution in [0.15, 0.2) is 0 Å². The van der Waals surface area contributed by atoms with E-state index >= 15 is 0 Å². The van der Waals surface area contributed by atoms with Crippen LogP contribution in [0.4, 0.5) is 0 Å². The topological polar surface area (TPSA) is 21.3 Å². The van der Waals surface area contributed by atoms with Gasteiger partial charge in [-0.2, -0.15) is 0 Å². The highest BCUT2D eigenvalue weighted by Crippen LogP contribution is 2.24. The van der Waals surface area contributed by atoms with Gasteiger partial charge in [0.25, 0.3) is 0 Å². The first-order valence-corrected chi connectivity index (χ1v) is 6.81. The maximum atomic E-state index is 5.93. The first kappa shape index (κ1) is 15.9. The van der Waals surface area contributed by atoms with Gasteiger partial charge >= 0.3 is 0 Å². The van der Waals surface area contributed by atoms with Crippen molar-refractivity contribution in [3.8, 4) is 0 Å². The Bertz CT molecular complexity index is 170. The molecule has 2 unspecified atom stereocenters. The zero-order chi connectivity index (χ0) is 12.6. The summed E-state index contributed by atoms with van der Waals surface area (Å²) in [5.74, 6) is 0.803. The zero-order valence-electron chi connectivity index (χ0n) is 12.1. The number of rotatable bonds is 9. The van der Waals surface area contributed by atoms with E-state index < -0.39 is 0 Å². The van der Waals surface area contributed by atoms with E-state index in [-0.39, 0.29) is 5.60 Å². The van der Waals surface area contributed by atoms with Gasteiger partial charge in [0.05, 0.1) is 5.60 Å². The molecule has 2 atom stereocenters. The van der Waals surface area contributed by atoms with Crippen molar-refractivity contribution in [1.82, 2.24) is 5.32 Å². The average Bonchev–Trinajstić information content (AvgIpc) is 2.24. The summed E-state index contributed by atoms with van der Waals surface area (Å²) in [6.07, 6.45) is 4.86. The minimum absolute atomic E-state index is 0.0134. The molecule has 0 bridgehead atoms. The molecule has 0 spiro atoms. The van der Waals surface area contributed by atoms with Gasteiger partial charge in [0, 0.05) is 12.6 Å². The van der Waals surface area contributed by atoms with Gasteiger partial charge in [-0.1, -0.05) is 33.6 Å². The second kappa shape index (κ2) is 8.08. The fourth-order valence-corrected chi connectivity index (χ4v) is 2.26. The summed E-state index contributed by atoms with van der Waals surface area (Å²) >= 11 is 0. The molecular weight excluding hydrogens is 198 g/mol. The van der Waals surface area contributed by atoms with Crippen molar-refractivity contribution < 1.29 is 4.74 Å². The lowest BCUT2D eigenvalue weighted by Gasteiger charge is -2.37. The van der Waals surface area contributed by atoms with Crippen molar-refractivity contribution in [3.63, 3.8) is 0 Å². The van der Waals surface area contributed by atoms with Crippen molar-refractivity contribution >= 4 is 0 Å². The Balaban J connectivity index is 4.21. The van der Waals surface area contributed by atoms with Gasteiger partial charge in [0.15, 0.2) is 0 Å². The molecule has 98 valence electrons. The van der Waals surface area contributed by atoms with E-state index in [1.165, 1.54) is 19.3 Å². The Hall–Kier alpha value is -0.0800. The van der Waals surface area contributed by atoms with Crippen LogP contribution in [0.25, 0.3) is 0 Å². The molecule has 0 saturated heterocycles. The minimum Gasteiger partial charge on any atom is -0.374 e. The monoisotopic (exact) mass is 229 g/mol. The van der Waals surface area contributed by atoms with Crippen molar-refractivity contribution in [1.29, 1.82) is 0 Å². The molecule has 2 heteroatoms. The predicted octanol–water partition coefficient (Wildman–Crippen LogP) is 3.61. The second-order valence-corrected chi connectivity index (χ2v) is 5.27. The average molecular weight is 229 g/mol. The smallest absolute Gasteiger partial charge is 0.0803 e. The molecule has 1 N–H and O–H groups in total. The van der Waals surface area contributed by atoms with Gasteiger partial charge < -0.3 is 10.1 Å². The van der Waals surface area contributed by atoms with Crippen LogP contribution in [-0.2, 0) is 4.74 Å². The van der Waals surface area contributed by atoms with Gasteiger partial charge in [0.2, 0.25) is 0 Å². The fraction of sp³-hybridized carbons (Fsp3) is 1.00. The number of hydrogen-bond acceptors (Lipinski definition) is 2. The van der Waals surface area contributed by atoms with Gasteiger partial charge in [-0.25, -0.2) is 0 Å². The molecule has 0 fully saturated rings. The molecule has 0 aromatic rings. The lowest BCUT2D eigenvalue weighted by atomic mass is 9.88. The Kier molecular flexibility index (Phi) is 8.04. The van der Waals surface area contributed by atoms with Crippen molar-refractivity contribution in [2.45, 2.75) is 71.9 Å². The third-order valence-corrected chi connectivity index (χ3v) is 3.54. The summed E-state index contributed by atoms with van der Waals surface area (Å²) in [4.78, 5) is 0. The first-order chi connectivity index (χ1) is 7.50. The summed E-state index contributed by atoms with van der Waals surface area (Å²) in [7, 11) is 2.05. The molecule has 0 aliphatic carbocycles. The molecule has 0 amide bonds.